The molecule has 3 heteroatoms. The highest BCUT2D eigenvalue weighted by molar-refractivity contribution is 9.10. The molecule has 0 spiro atoms. The molecule has 0 saturated carbocycles. The molecule has 1 rings (SSSR count). The lowest BCUT2D eigenvalue weighted by Crippen LogP contribution is -2.17. The smallest absolute Gasteiger partial charge is 0.0205 e. The van der Waals surface area contributed by atoms with Gasteiger partial charge in [-0.05, 0) is 36.9 Å². The van der Waals surface area contributed by atoms with Gasteiger partial charge < -0.3 is 5.32 Å². The van der Waals surface area contributed by atoms with Crippen molar-refractivity contribution in [1.82, 2.24) is 5.32 Å². The fourth-order valence-corrected chi connectivity index (χ4v) is 2.10. The maximum atomic E-state index is 3.47. The Morgan fingerprint density at radius 2 is 2.27 bits per heavy atom. The van der Waals surface area contributed by atoms with Gasteiger partial charge in [0.2, 0.25) is 0 Å². The van der Waals surface area contributed by atoms with Gasteiger partial charge in [0.05, 0.1) is 0 Å². The minimum atomic E-state index is 0.750. The fourth-order valence-electron chi connectivity index (χ4n) is 1.30. The molecule has 1 atom stereocenters. The zero-order chi connectivity index (χ0) is 11.1. The van der Waals surface area contributed by atoms with E-state index in [0.717, 1.165) is 22.8 Å². The normalized spacial score (nSPS) is 12.7. The summed E-state index contributed by atoms with van der Waals surface area (Å²) in [5.74, 6) is 0. The van der Waals surface area contributed by atoms with E-state index >= 15 is 0 Å². The highest BCUT2D eigenvalue weighted by Crippen LogP contribution is 2.11. The molecular formula is C12H18BrNS. The van der Waals surface area contributed by atoms with Gasteiger partial charge in [-0.15, -0.1) is 0 Å². The summed E-state index contributed by atoms with van der Waals surface area (Å²) in [6, 6.07) is 8.44. The van der Waals surface area contributed by atoms with Gasteiger partial charge >= 0.3 is 0 Å². The summed E-state index contributed by atoms with van der Waals surface area (Å²) >= 11 is 5.40. The third kappa shape index (κ3) is 5.59. The second kappa shape index (κ2) is 7.31. The molecule has 1 aromatic rings. The predicted molar refractivity (Wildman–Crippen MR) is 73.4 cm³/mol. The first-order chi connectivity index (χ1) is 7.22. The van der Waals surface area contributed by atoms with E-state index in [1.807, 2.05) is 11.8 Å². The van der Waals surface area contributed by atoms with Crippen molar-refractivity contribution in [2.45, 2.75) is 25.1 Å². The Bertz CT molecular complexity index is 291. The topological polar surface area (TPSA) is 12.0 Å². The Morgan fingerprint density at radius 1 is 1.47 bits per heavy atom. The molecule has 0 aliphatic rings. The summed E-state index contributed by atoms with van der Waals surface area (Å²) in [4.78, 5) is 0. The lowest BCUT2D eigenvalue weighted by molar-refractivity contribution is 0.648. The largest absolute Gasteiger partial charge is 0.313 e. The molecule has 1 nitrogen and oxygen atoms in total. The first-order valence-corrected chi connectivity index (χ1v) is 7.28. The van der Waals surface area contributed by atoms with E-state index in [0.29, 0.717) is 0 Å². The average Bonchev–Trinajstić information content (AvgIpc) is 2.24. The number of rotatable bonds is 6. The molecule has 0 aliphatic heterocycles. The molecule has 84 valence electrons. The fraction of sp³-hybridized carbons (Fsp3) is 0.500. The van der Waals surface area contributed by atoms with Crippen LogP contribution in [0.4, 0.5) is 0 Å². The standard InChI is InChI=1S/C12H18BrNS/c1-10(15-2)6-7-14-9-11-4-3-5-12(13)8-11/h3-5,8,10,14H,6-7,9H2,1-2H3. The number of hydrogen-bond donors (Lipinski definition) is 1. The van der Waals surface area contributed by atoms with E-state index < -0.39 is 0 Å². The molecule has 1 aromatic carbocycles. The van der Waals surface area contributed by atoms with Crippen LogP contribution in [0.3, 0.4) is 0 Å². The van der Waals surface area contributed by atoms with Gasteiger partial charge in [0.1, 0.15) is 0 Å². The van der Waals surface area contributed by atoms with Crippen LogP contribution in [0.1, 0.15) is 18.9 Å². The summed E-state index contributed by atoms with van der Waals surface area (Å²) < 4.78 is 1.15. The Hall–Kier alpha value is 0.01000. The van der Waals surface area contributed by atoms with Crippen molar-refractivity contribution in [3.8, 4) is 0 Å². The van der Waals surface area contributed by atoms with Gasteiger partial charge in [-0.1, -0.05) is 35.0 Å². The van der Waals surface area contributed by atoms with Crippen LogP contribution in [0.15, 0.2) is 28.7 Å². The quantitative estimate of drug-likeness (QED) is 0.801. The second-order valence-corrected chi connectivity index (χ2v) is 5.83. The molecule has 0 aliphatic carbocycles. The summed E-state index contributed by atoms with van der Waals surface area (Å²) in [6.07, 6.45) is 3.40. The molecule has 0 aromatic heterocycles. The zero-order valence-electron chi connectivity index (χ0n) is 9.29. The zero-order valence-corrected chi connectivity index (χ0v) is 11.7. The van der Waals surface area contributed by atoms with Crippen LogP contribution in [-0.4, -0.2) is 18.1 Å². The number of thioether (sulfide) groups is 1. The van der Waals surface area contributed by atoms with Crippen LogP contribution in [0.5, 0.6) is 0 Å². The second-order valence-electron chi connectivity index (χ2n) is 3.64. The third-order valence-corrected chi connectivity index (χ3v) is 3.88. The Labute approximate surface area is 105 Å². The third-order valence-electron chi connectivity index (χ3n) is 2.35. The molecule has 0 amide bonds. The van der Waals surface area contributed by atoms with E-state index in [2.05, 4.69) is 58.7 Å². The molecule has 0 saturated heterocycles. The molecule has 0 radical (unpaired) electrons. The first-order valence-electron chi connectivity index (χ1n) is 5.20. The first kappa shape index (κ1) is 13.1. The van der Waals surface area contributed by atoms with Crippen molar-refractivity contribution in [3.63, 3.8) is 0 Å². The van der Waals surface area contributed by atoms with Crippen LogP contribution < -0.4 is 5.32 Å². The molecule has 1 unspecified atom stereocenters. The molecule has 0 heterocycles. The lowest BCUT2D eigenvalue weighted by Gasteiger charge is -2.09. The van der Waals surface area contributed by atoms with Crippen molar-refractivity contribution in [2.75, 3.05) is 12.8 Å². The summed E-state index contributed by atoms with van der Waals surface area (Å²) in [5, 5.41) is 4.21. The Morgan fingerprint density at radius 3 is 2.93 bits per heavy atom. The molecule has 1 N–H and O–H groups in total. The van der Waals surface area contributed by atoms with Crippen LogP contribution in [0.25, 0.3) is 0 Å². The lowest BCUT2D eigenvalue weighted by atomic mass is 10.2. The monoisotopic (exact) mass is 287 g/mol. The predicted octanol–water partition coefficient (Wildman–Crippen LogP) is 3.68. The molecule has 0 fully saturated rings. The van der Waals surface area contributed by atoms with Crippen LogP contribution in [-0.2, 0) is 6.54 Å². The SMILES string of the molecule is CSC(C)CCNCc1cccc(Br)c1. The minimum absolute atomic E-state index is 0.750. The van der Waals surface area contributed by atoms with Crippen LogP contribution >= 0.6 is 27.7 Å². The Kier molecular flexibility index (Phi) is 6.37. The number of hydrogen-bond acceptors (Lipinski definition) is 2. The van der Waals surface area contributed by atoms with Gasteiger partial charge in [0.15, 0.2) is 0 Å². The molecule has 0 bridgehead atoms. The van der Waals surface area contributed by atoms with E-state index in [1.54, 1.807) is 0 Å². The molecule has 15 heavy (non-hydrogen) atoms. The van der Waals surface area contributed by atoms with Crippen molar-refractivity contribution >= 4 is 27.7 Å². The maximum absolute atomic E-state index is 3.47. The van der Waals surface area contributed by atoms with Gasteiger partial charge in [-0.2, -0.15) is 11.8 Å². The van der Waals surface area contributed by atoms with Crippen molar-refractivity contribution in [3.05, 3.63) is 34.3 Å². The Balaban J connectivity index is 2.20. The maximum Gasteiger partial charge on any atom is 0.0205 e. The van der Waals surface area contributed by atoms with Crippen molar-refractivity contribution < 1.29 is 0 Å². The summed E-state index contributed by atoms with van der Waals surface area (Å²) in [5.41, 5.74) is 1.33. The summed E-state index contributed by atoms with van der Waals surface area (Å²) in [6.45, 7) is 4.32. The van der Waals surface area contributed by atoms with E-state index in [9.17, 15) is 0 Å². The van der Waals surface area contributed by atoms with Gasteiger partial charge in [0.25, 0.3) is 0 Å². The van der Waals surface area contributed by atoms with Gasteiger partial charge in [-0.3, -0.25) is 0 Å². The average molecular weight is 288 g/mol. The number of nitrogens with one attached hydrogen (secondary N) is 1. The van der Waals surface area contributed by atoms with E-state index in [1.165, 1.54) is 12.0 Å². The highest BCUT2D eigenvalue weighted by atomic mass is 79.9. The van der Waals surface area contributed by atoms with E-state index in [-0.39, 0.29) is 0 Å². The van der Waals surface area contributed by atoms with Crippen molar-refractivity contribution in [2.24, 2.45) is 0 Å². The van der Waals surface area contributed by atoms with Gasteiger partial charge in [0, 0.05) is 16.3 Å². The highest BCUT2D eigenvalue weighted by Gasteiger charge is 1.98. The summed E-state index contributed by atoms with van der Waals surface area (Å²) in [7, 11) is 0. The van der Waals surface area contributed by atoms with Crippen LogP contribution in [0.2, 0.25) is 0 Å². The number of benzene rings is 1. The number of halogens is 1. The minimum Gasteiger partial charge on any atom is -0.313 e. The van der Waals surface area contributed by atoms with Gasteiger partial charge in [-0.25, -0.2) is 0 Å². The molecular weight excluding hydrogens is 270 g/mol. The van der Waals surface area contributed by atoms with Crippen LogP contribution in [0, 0.1) is 0 Å². The van der Waals surface area contributed by atoms with E-state index in [4.69, 9.17) is 0 Å². The van der Waals surface area contributed by atoms with Crippen molar-refractivity contribution in [1.29, 1.82) is 0 Å².